The fraction of sp³-hybridized carbons (Fsp3) is 0.167. The second-order valence-corrected chi connectivity index (χ2v) is 1.46. The molecular weight excluding hydrogens is 131 g/mol. The Balaban J connectivity index is 0.000000360. The Morgan fingerprint density at radius 3 is 2.14 bits per heavy atom. The first kappa shape index (κ1) is 6.99. The van der Waals surface area contributed by atoms with Crippen molar-refractivity contribution in [3.63, 3.8) is 0 Å². The summed E-state index contributed by atoms with van der Waals surface area (Å²) < 4.78 is 0. The average molecular weight is 138 g/mol. The molecular formula is C6H7Co. The van der Waals surface area contributed by atoms with Crippen molar-refractivity contribution in [1.29, 1.82) is 0 Å². The van der Waals surface area contributed by atoms with Crippen molar-refractivity contribution < 1.29 is 16.8 Å². The van der Waals surface area contributed by atoms with Crippen LogP contribution in [-0.2, 0) is 16.8 Å². The van der Waals surface area contributed by atoms with Crippen molar-refractivity contribution in [1.82, 2.24) is 0 Å². The summed E-state index contributed by atoms with van der Waals surface area (Å²) in [5, 5.41) is 0. The zero-order valence-corrected chi connectivity index (χ0v) is 5.18. The molecule has 0 heterocycles. The molecule has 7 heavy (non-hydrogen) atoms. The zero-order valence-electron chi connectivity index (χ0n) is 4.14. The second kappa shape index (κ2) is 3.05. The first-order chi connectivity index (χ1) is 2.89. The molecule has 0 saturated heterocycles. The Kier molecular flexibility index (Phi) is 3.04. The molecule has 0 unspecified atom stereocenters. The Hall–Kier alpha value is -0.0135. The summed E-state index contributed by atoms with van der Waals surface area (Å²) in [6.45, 7) is 2.08. The molecule has 0 aliphatic heterocycles. The molecule has 1 rings (SSSR count). The van der Waals surface area contributed by atoms with Crippen LogP contribution in [0.25, 0.3) is 0 Å². The maximum atomic E-state index is 2.08. The summed E-state index contributed by atoms with van der Waals surface area (Å²) in [6, 6.07) is 0. The maximum Gasteiger partial charge on any atom is 0.00806 e. The first-order valence-corrected chi connectivity index (χ1v) is 2.08. The summed E-state index contributed by atoms with van der Waals surface area (Å²) in [5.74, 6) is 0. The van der Waals surface area contributed by atoms with Crippen molar-refractivity contribution in [3.05, 3.63) is 30.2 Å². The summed E-state index contributed by atoms with van der Waals surface area (Å²) in [6.07, 6.45) is 8.24. The topological polar surface area (TPSA) is 0 Å². The van der Waals surface area contributed by atoms with Crippen molar-refractivity contribution >= 4 is 0 Å². The third-order valence-electron chi connectivity index (χ3n) is 0.829. The van der Waals surface area contributed by atoms with Gasteiger partial charge >= 0.3 is 0 Å². The molecule has 0 atom stereocenters. The summed E-state index contributed by atoms with van der Waals surface area (Å²) in [7, 11) is 0. The van der Waals surface area contributed by atoms with E-state index in [1.165, 1.54) is 5.57 Å². The van der Waals surface area contributed by atoms with Crippen LogP contribution in [0.1, 0.15) is 6.92 Å². The molecule has 0 aromatic heterocycles. The fourth-order valence-electron chi connectivity index (χ4n) is 0.470. The van der Waals surface area contributed by atoms with Gasteiger partial charge in [0, 0.05) is 23.2 Å². The summed E-state index contributed by atoms with van der Waals surface area (Å²) in [4.78, 5) is 0. The Morgan fingerprint density at radius 2 is 2.00 bits per heavy atom. The van der Waals surface area contributed by atoms with E-state index in [9.17, 15) is 0 Å². The van der Waals surface area contributed by atoms with E-state index in [4.69, 9.17) is 0 Å². The van der Waals surface area contributed by atoms with Crippen LogP contribution in [0, 0.1) is 6.42 Å². The van der Waals surface area contributed by atoms with Crippen LogP contribution < -0.4 is 0 Å². The minimum absolute atomic E-state index is 0. The summed E-state index contributed by atoms with van der Waals surface area (Å²) >= 11 is 0. The number of allylic oxidation sites excluding steroid dienone is 4. The van der Waals surface area contributed by atoms with Crippen molar-refractivity contribution in [2.45, 2.75) is 6.92 Å². The molecule has 1 aliphatic carbocycles. The van der Waals surface area contributed by atoms with Gasteiger partial charge in [0.05, 0.1) is 0 Å². The first-order valence-electron chi connectivity index (χ1n) is 2.08. The second-order valence-electron chi connectivity index (χ2n) is 1.46. The smallest absolute Gasteiger partial charge is 0.00806 e. The quantitative estimate of drug-likeness (QED) is 0.478. The molecule has 0 amide bonds. The van der Waals surface area contributed by atoms with Crippen molar-refractivity contribution in [2.75, 3.05) is 0 Å². The van der Waals surface area contributed by atoms with Gasteiger partial charge in [0.2, 0.25) is 0 Å². The van der Waals surface area contributed by atoms with E-state index < -0.39 is 0 Å². The molecule has 2 radical (unpaired) electrons. The monoisotopic (exact) mass is 138 g/mol. The van der Waals surface area contributed by atoms with Gasteiger partial charge in [-0.05, 0) is 6.92 Å². The van der Waals surface area contributed by atoms with Gasteiger partial charge in [-0.1, -0.05) is 23.8 Å². The molecule has 0 aromatic rings. The van der Waals surface area contributed by atoms with Gasteiger partial charge in [0.1, 0.15) is 0 Å². The average Bonchev–Trinajstić information content (AvgIpc) is 1.86. The summed E-state index contributed by atoms with van der Waals surface area (Å²) in [5.41, 5.74) is 1.34. The van der Waals surface area contributed by atoms with Gasteiger partial charge < -0.3 is 0 Å². The van der Waals surface area contributed by atoms with E-state index in [0.29, 0.717) is 0 Å². The minimum atomic E-state index is 0. The predicted octanol–water partition coefficient (Wildman–Crippen LogP) is 1.70. The molecule has 0 N–H and O–H groups in total. The van der Waals surface area contributed by atoms with Crippen LogP contribution in [0.3, 0.4) is 0 Å². The van der Waals surface area contributed by atoms with E-state index in [2.05, 4.69) is 19.4 Å². The van der Waals surface area contributed by atoms with Crippen LogP contribution in [0.4, 0.5) is 0 Å². The van der Waals surface area contributed by atoms with Gasteiger partial charge in [-0.2, -0.15) is 0 Å². The van der Waals surface area contributed by atoms with E-state index in [1.54, 1.807) is 0 Å². The van der Waals surface area contributed by atoms with Crippen LogP contribution in [0.2, 0.25) is 0 Å². The molecule has 0 spiro atoms. The molecule has 1 aliphatic rings. The van der Waals surface area contributed by atoms with E-state index in [0.717, 1.165) is 0 Å². The largest absolute Gasteiger partial charge is 0.0764 e. The molecule has 0 fully saturated rings. The SMILES string of the molecule is CC1=CC=C[CH]1.[Co]. The molecule has 0 bridgehead atoms. The van der Waals surface area contributed by atoms with E-state index in [1.807, 2.05) is 12.2 Å². The molecule has 0 nitrogen and oxygen atoms in total. The number of hydrogen-bond acceptors (Lipinski definition) is 0. The van der Waals surface area contributed by atoms with E-state index >= 15 is 0 Å². The third kappa shape index (κ3) is 1.95. The number of hydrogen-bond donors (Lipinski definition) is 0. The fourth-order valence-corrected chi connectivity index (χ4v) is 0.470. The van der Waals surface area contributed by atoms with Gasteiger partial charge in [0.15, 0.2) is 0 Å². The van der Waals surface area contributed by atoms with E-state index in [-0.39, 0.29) is 16.8 Å². The van der Waals surface area contributed by atoms with Gasteiger partial charge in [-0.15, -0.1) is 0 Å². The van der Waals surface area contributed by atoms with Crippen LogP contribution in [0.15, 0.2) is 23.8 Å². The molecule has 0 aromatic carbocycles. The molecule has 40 valence electrons. The van der Waals surface area contributed by atoms with Crippen molar-refractivity contribution in [3.8, 4) is 0 Å². The minimum Gasteiger partial charge on any atom is -0.0764 e. The van der Waals surface area contributed by atoms with Gasteiger partial charge in [0.25, 0.3) is 0 Å². The molecule has 1 heteroatoms. The van der Waals surface area contributed by atoms with Crippen LogP contribution >= 0.6 is 0 Å². The van der Waals surface area contributed by atoms with Crippen LogP contribution in [0.5, 0.6) is 0 Å². The normalized spacial score (nSPS) is 15.9. The number of rotatable bonds is 0. The Labute approximate surface area is 54.5 Å². The maximum absolute atomic E-state index is 2.08. The Morgan fingerprint density at radius 1 is 1.29 bits per heavy atom. The standard InChI is InChI=1S/C6H7.Co/c1-6-4-2-3-5-6;/h2-5H,1H3;. The van der Waals surface area contributed by atoms with Crippen LogP contribution in [-0.4, -0.2) is 0 Å². The van der Waals surface area contributed by atoms with Gasteiger partial charge in [-0.3, -0.25) is 0 Å². The van der Waals surface area contributed by atoms with Crippen molar-refractivity contribution in [2.24, 2.45) is 0 Å². The van der Waals surface area contributed by atoms with Gasteiger partial charge in [-0.25, -0.2) is 0 Å². The molecule has 0 saturated carbocycles. The zero-order chi connectivity index (χ0) is 4.41. The third-order valence-corrected chi connectivity index (χ3v) is 0.829. The Bertz CT molecular complexity index is 101. The predicted molar refractivity (Wildman–Crippen MR) is 27.2 cm³/mol.